The van der Waals surface area contributed by atoms with Gasteiger partial charge in [-0.1, -0.05) is 0 Å². The maximum atomic E-state index is 13.2. The highest BCUT2D eigenvalue weighted by atomic mass is 16.7. The van der Waals surface area contributed by atoms with Gasteiger partial charge in [-0.25, -0.2) is 0 Å². The smallest absolute Gasteiger partial charge is 0.310 e. The van der Waals surface area contributed by atoms with Crippen LogP contribution in [0, 0.1) is 11.8 Å². The highest BCUT2D eigenvalue weighted by molar-refractivity contribution is 5.79. The number of hydrogen-bond acceptors (Lipinski definition) is 9. The Labute approximate surface area is 207 Å². The highest BCUT2D eigenvalue weighted by Crippen LogP contribution is 2.56. The number of nitrogen functional groups attached to an aromatic ring is 1. The topological polar surface area (TPSA) is 122 Å². The van der Waals surface area contributed by atoms with Gasteiger partial charge in [-0.05, 0) is 65.2 Å². The Morgan fingerprint density at radius 2 is 1.58 bits per heavy atom. The second kappa shape index (κ2) is 8.44. The summed E-state index contributed by atoms with van der Waals surface area (Å²) in [4.78, 5) is 13.2. The first-order chi connectivity index (χ1) is 17.5. The first kappa shape index (κ1) is 22.2. The van der Waals surface area contributed by atoms with Gasteiger partial charge in [0.05, 0.1) is 32.8 Å². The zero-order valence-electron chi connectivity index (χ0n) is 19.8. The number of carbonyl (C=O) groups is 1. The molecule has 0 saturated carbocycles. The molecule has 3 aliphatic rings. The molecule has 4 atom stereocenters. The third-order valence-electron chi connectivity index (χ3n) is 7.28. The number of aromatic hydroxyl groups is 1. The standard InChI is InChI=1S/C27H26N2O7/c1-32-21-7-13(8-22(33-2)26(21)30)23-16-9-19-20(36-12-35-19)10-17(16)25(18-11-34-27(31)24(18)23)29-15-5-3-14(28)4-6-15/h3-10,18,23-25,29-30H,11-12,28H2,1-2H3/t18-,23+,24-,25?/m0/s1. The van der Waals surface area contributed by atoms with E-state index in [4.69, 9.17) is 29.4 Å². The van der Waals surface area contributed by atoms with Crippen LogP contribution in [-0.4, -0.2) is 38.7 Å². The molecular weight excluding hydrogens is 464 g/mol. The predicted octanol–water partition coefficient (Wildman–Crippen LogP) is 3.81. The molecule has 2 aliphatic heterocycles. The van der Waals surface area contributed by atoms with E-state index in [9.17, 15) is 9.90 Å². The number of phenolic OH excluding ortho intramolecular Hbond substituents is 1. The van der Waals surface area contributed by atoms with E-state index in [-0.39, 0.29) is 54.5 Å². The summed E-state index contributed by atoms with van der Waals surface area (Å²) in [5.41, 5.74) is 10.1. The average molecular weight is 491 g/mol. The summed E-state index contributed by atoms with van der Waals surface area (Å²) >= 11 is 0. The Morgan fingerprint density at radius 3 is 2.22 bits per heavy atom. The highest BCUT2D eigenvalue weighted by Gasteiger charge is 2.52. The van der Waals surface area contributed by atoms with Crippen LogP contribution < -0.4 is 30.0 Å². The Hall–Kier alpha value is -4.27. The predicted molar refractivity (Wildman–Crippen MR) is 131 cm³/mol. The summed E-state index contributed by atoms with van der Waals surface area (Å²) < 4.78 is 27.9. The van der Waals surface area contributed by atoms with E-state index >= 15 is 0 Å². The van der Waals surface area contributed by atoms with Crippen molar-refractivity contribution in [3.05, 3.63) is 65.2 Å². The summed E-state index contributed by atoms with van der Waals surface area (Å²) in [6.45, 7) is 0.404. The molecule has 4 N–H and O–H groups in total. The van der Waals surface area contributed by atoms with Gasteiger partial charge >= 0.3 is 5.97 Å². The molecule has 0 aromatic heterocycles. The van der Waals surface area contributed by atoms with E-state index in [0.29, 0.717) is 17.2 Å². The van der Waals surface area contributed by atoms with E-state index in [1.807, 2.05) is 36.4 Å². The minimum Gasteiger partial charge on any atom is -0.502 e. The van der Waals surface area contributed by atoms with Crippen molar-refractivity contribution in [1.29, 1.82) is 0 Å². The number of carbonyl (C=O) groups excluding carboxylic acids is 1. The summed E-state index contributed by atoms with van der Waals surface area (Å²) in [5, 5.41) is 14.1. The molecule has 0 spiro atoms. The van der Waals surface area contributed by atoms with Gasteiger partial charge in [-0.3, -0.25) is 4.79 Å². The van der Waals surface area contributed by atoms with Crippen LogP contribution >= 0.6 is 0 Å². The Bertz CT molecular complexity index is 1320. The third kappa shape index (κ3) is 3.42. The van der Waals surface area contributed by atoms with Crippen LogP contribution in [0.3, 0.4) is 0 Å². The van der Waals surface area contributed by atoms with Gasteiger partial charge in [-0.15, -0.1) is 0 Å². The first-order valence-electron chi connectivity index (χ1n) is 11.7. The second-order valence-corrected chi connectivity index (χ2v) is 9.15. The molecule has 0 amide bonds. The fourth-order valence-corrected chi connectivity index (χ4v) is 5.60. The molecule has 2 heterocycles. The molecule has 1 saturated heterocycles. The van der Waals surface area contributed by atoms with Gasteiger partial charge in [0.2, 0.25) is 12.5 Å². The number of nitrogens with two attached hydrogens (primary N) is 1. The van der Waals surface area contributed by atoms with E-state index in [1.54, 1.807) is 12.1 Å². The minimum atomic E-state index is -0.483. The Kier molecular flexibility index (Phi) is 5.21. The average Bonchev–Trinajstić information content (AvgIpc) is 3.51. The molecule has 186 valence electrons. The van der Waals surface area contributed by atoms with Crippen LogP contribution in [0.25, 0.3) is 0 Å². The summed E-state index contributed by atoms with van der Waals surface area (Å²) in [6.07, 6.45) is 0. The molecule has 9 heteroatoms. The number of methoxy groups -OCH3 is 2. The largest absolute Gasteiger partial charge is 0.502 e. The molecule has 3 aromatic rings. The van der Waals surface area contributed by atoms with Crippen molar-refractivity contribution in [1.82, 2.24) is 0 Å². The normalized spacial score (nSPS) is 23.4. The fraction of sp³-hybridized carbons (Fsp3) is 0.296. The number of phenols is 1. The molecule has 1 unspecified atom stereocenters. The number of hydrogen-bond donors (Lipinski definition) is 3. The maximum Gasteiger partial charge on any atom is 0.310 e. The van der Waals surface area contributed by atoms with E-state index in [0.717, 1.165) is 22.4 Å². The lowest BCUT2D eigenvalue weighted by molar-refractivity contribution is -0.141. The van der Waals surface area contributed by atoms with Crippen LogP contribution in [-0.2, 0) is 9.53 Å². The number of fused-ring (bicyclic) bond motifs is 3. The van der Waals surface area contributed by atoms with Crippen molar-refractivity contribution in [3.8, 4) is 28.7 Å². The lowest BCUT2D eigenvalue weighted by Gasteiger charge is -2.40. The van der Waals surface area contributed by atoms with Crippen LogP contribution in [0.5, 0.6) is 28.7 Å². The second-order valence-electron chi connectivity index (χ2n) is 9.15. The van der Waals surface area contributed by atoms with Gasteiger partial charge in [0.25, 0.3) is 0 Å². The van der Waals surface area contributed by atoms with Crippen molar-refractivity contribution in [2.45, 2.75) is 12.0 Å². The van der Waals surface area contributed by atoms with Gasteiger partial charge in [-0.2, -0.15) is 0 Å². The number of ether oxygens (including phenoxy) is 5. The van der Waals surface area contributed by atoms with Crippen LogP contribution in [0.1, 0.15) is 28.7 Å². The summed E-state index contributed by atoms with van der Waals surface area (Å²) in [7, 11) is 2.95. The number of esters is 1. The molecule has 0 bridgehead atoms. The van der Waals surface area contributed by atoms with Crippen molar-refractivity contribution < 1.29 is 33.6 Å². The molecule has 1 aliphatic carbocycles. The maximum absolute atomic E-state index is 13.2. The molecule has 9 nitrogen and oxygen atoms in total. The van der Waals surface area contributed by atoms with Crippen molar-refractivity contribution in [3.63, 3.8) is 0 Å². The fourth-order valence-electron chi connectivity index (χ4n) is 5.60. The summed E-state index contributed by atoms with van der Waals surface area (Å²) in [6, 6.07) is 14.7. The van der Waals surface area contributed by atoms with Gasteiger partial charge < -0.3 is 39.8 Å². The number of rotatable bonds is 5. The number of nitrogens with one attached hydrogen (secondary N) is 1. The van der Waals surface area contributed by atoms with Crippen molar-refractivity contribution in [2.24, 2.45) is 11.8 Å². The summed E-state index contributed by atoms with van der Waals surface area (Å²) in [5.74, 6) is 0.383. The molecule has 0 radical (unpaired) electrons. The van der Waals surface area contributed by atoms with Gasteiger partial charge in [0.1, 0.15) is 0 Å². The number of anilines is 2. The Balaban J connectivity index is 1.55. The first-order valence-corrected chi connectivity index (χ1v) is 11.7. The monoisotopic (exact) mass is 490 g/mol. The van der Waals surface area contributed by atoms with Crippen molar-refractivity contribution >= 4 is 17.3 Å². The van der Waals surface area contributed by atoms with Crippen LogP contribution in [0.2, 0.25) is 0 Å². The van der Waals surface area contributed by atoms with Crippen LogP contribution in [0.4, 0.5) is 11.4 Å². The van der Waals surface area contributed by atoms with E-state index < -0.39 is 5.92 Å². The lowest BCUT2D eigenvalue weighted by Crippen LogP contribution is -2.37. The number of benzene rings is 3. The number of cyclic esters (lactones) is 1. The zero-order chi connectivity index (χ0) is 25.0. The SMILES string of the molecule is COc1cc([C@@H]2c3cc4c(cc3C(Nc3ccc(N)cc3)[C@H]3COC(=O)[C@H]23)OCO4)cc(OC)c1O. The third-order valence-corrected chi connectivity index (χ3v) is 7.28. The molecular formula is C27H26N2O7. The quantitative estimate of drug-likeness (QED) is 0.362. The molecule has 6 rings (SSSR count). The lowest BCUT2D eigenvalue weighted by atomic mass is 9.65. The molecule has 1 fully saturated rings. The van der Waals surface area contributed by atoms with Gasteiger partial charge in [0.15, 0.2) is 23.0 Å². The minimum absolute atomic E-state index is 0.0982. The molecule has 36 heavy (non-hydrogen) atoms. The van der Waals surface area contributed by atoms with Crippen molar-refractivity contribution in [2.75, 3.05) is 38.7 Å². The Morgan fingerprint density at radius 1 is 0.944 bits per heavy atom. The van der Waals surface area contributed by atoms with Gasteiger partial charge in [0, 0.05) is 23.2 Å². The van der Waals surface area contributed by atoms with E-state index in [2.05, 4.69) is 5.32 Å². The van der Waals surface area contributed by atoms with E-state index in [1.165, 1.54) is 14.2 Å². The van der Waals surface area contributed by atoms with Crippen LogP contribution in [0.15, 0.2) is 48.5 Å². The zero-order valence-corrected chi connectivity index (χ0v) is 19.8. The molecule has 3 aromatic carbocycles.